The van der Waals surface area contributed by atoms with E-state index < -0.39 is 21.6 Å². The highest BCUT2D eigenvalue weighted by atomic mass is 35.5. The highest BCUT2D eigenvalue weighted by Gasteiger charge is 2.30. The number of nitrogens with zero attached hydrogens (tertiary/aromatic N) is 1. The summed E-state index contributed by atoms with van der Waals surface area (Å²) in [5.74, 6) is -1.37. The van der Waals surface area contributed by atoms with Crippen molar-refractivity contribution in [3.63, 3.8) is 0 Å². The van der Waals surface area contributed by atoms with Crippen LogP contribution in [0.3, 0.4) is 0 Å². The maximum Gasteiger partial charge on any atom is 0.338 e. The number of carboxylic acid groups (broad SMARTS) is 1. The molecule has 0 aliphatic carbocycles. The molecular formula is C13H17Cl2NO4S. The SMILES string of the molecule is CCCC(C)N(C)S(=O)(=O)c1ccc(Cl)c(C(=O)O)c1Cl. The van der Waals surface area contributed by atoms with Crippen LogP contribution in [0.25, 0.3) is 0 Å². The van der Waals surface area contributed by atoms with Crippen molar-refractivity contribution in [2.45, 2.75) is 37.6 Å². The van der Waals surface area contributed by atoms with Crippen LogP contribution in [0.4, 0.5) is 0 Å². The van der Waals surface area contributed by atoms with Gasteiger partial charge in [0.25, 0.3) is 0 Å². The van der Waals surface area contributed by atoms with Crippen LogP contribution in [0.5, 0.6) is 0 Å². The van der Waals surface area contributed by atoms with Gasteiger partial charge in [-0.3, -0.25) is 0 Å². The van der Waals surface area contributed by atoms with Crippen molar-refractivity contribution in [2.75, 3.05) is 7.05 Å². The summed E-state index contributed by atoms with van der Waals surface area (Å²) in [5, 5.41) is 8.62. The van der Waals surface area contributed by atoms with Crippen molar-refractivity contribution in [3.05, 3.63) is 27.7 Å². The van der Waals surface area contributed by atoms with E-state index in [1.807, 2.05) is 6.92 Å². The molecule has 1 N–H and O–H groups in total. The van der Waals surface area contributed by atoms with E-state index in [0.717, 1.165) is 6.42 Å². The molecular weight excluding hydrogens is 337 g/mol. The molecule has 118 valence electrons. The molecule has 0 heterocycles. The largest absolute Gasteiger partial charge is 0.478 e. The number of hydrogen-bond acceptors (Lipinski definition) is 3. The summed E-state index contributed by atoms with van der Waals surface area (Å²) in [6, 6.07) is 2.23. The van der Waals surface area contributed by atoms with Gasteiger partial charge in [0.05, 0.1) is 15.6 Å². The van der Waals surface area contributed by atoms with Crippen molar-refractivity contribution in [2.24, 2.45) is 0 Å². The lowest BCUT2D eigenvalue weighted by Crippen LogP contribution is -2.35. The average Bonchev–Trinajstić information content (AvgIpc) is 2.37. The Morgan fingerprint density at radius 3 is 2.43 bits per heavy atom. The molecule has 1 unspecified atom stereocenters. The Hall–Kier alpha value is -0.820. The summed E-state index contributed by atoms with van der Waals surface area (Å²) in [5.41, 5.74) is -0.407. The minimum Gasteiger partial charge on any atom is -0.478 e. The molecule has 0 saturated carbocycles. The van der Waals surface area contributed by atoms with Crippen LogP contribution in [-0.2, 0) is 10.0 Å². The second kappa shape index (κ2) is 6.96. The third-order valence-corrected chi connectivity index (χ3v) is 6.09. The minimum absolute atomic E-state index is 0.101. The Morgan fingerprint density at radius 2 is 1.95 bits per heavy atom. The van der Waals surface area contributed by atoms with Crippen LogP contribution >= 0.6 is 23.2 Å². The van der Waals surface area contributed by atoms with Crippen LogP contribution in [-0.4, -0.2) is 36.9 Å². The number of hydrogen-bond donors (Lipinski definition) is 1. The lowest BCUT2D eigenvalue weighted by Gasteiger charge is -2.24. The topological polar surface area (TPSA) is 74.7 Å². The first-order valence-electron chi connectivity index (χ1n) is 6.33. The second-order valence-corrected chi connectivity index (χ2v) is 7.45. The first-order chi connectivity index (χ1) is 9.64. The molecule has 1 aromatic carbocycles. The molecule has 1 aromatic rings. The Bertz CT molecular complexity index is 646. The molecule has 5 nitrogen and oxygen atoms in total. The third kappa shape index (κ3) is 3.69. The van der Waals surface area contributed by atoms with Gasteiger partial charge in [-0.25, -0.2) is 13.2 Å². The van der Waals surface area contributed by atoms with Gasteiger partial charge in [0.1, 0.15) is 4.90 Å². The van der Waals surface area contributed by atoms with Gasteiger partial charge in [-0.1, -0.05) is 36.5 Å². The maximum atomic E-state index is 12.6. The van der Waals surface area contributed by atoms with Crippen LogP contribution in [0.2, 0.25) is 10.0 Å². The molecule has 1 atom stereocenters. The van der Waals surface area contributed by atoms with E-state index in [9.17, 15) is 13.2 Å². The Balaban J connectivity index is 3.40. The van der Waals surface area contributed by atoms with Crippen LogP contribution in [0, 0.1) is 0 Å². The smallest absolute Gasteiger partial charge is 0.338 e. The molecule has 1 rings (SSSR count). The molecule has 0 aliphatic heterocycles. The zero-order chi connectivity index (χ0) is 16.4. The van der Waals surface area contributed by atoms with Gasteiger partial charge in [0.2, 0.25) is 10.0 Å². The van der Waals surface area contributed by atoms with E-state index >= 15 is 0 Å². The van der Waals surface area contributed by atoms with Crippen LogP contribution in [0.15, 0.2) is 17.0 Å². The number of carboxylic acids is 1. The Kier molecular flexibility index (Phi) is 6.04. The van der Waals surface area contributed by atoms with E-state index in [2.05, 4.69) is 0 Å². The Morgan fingerprint density at radius 1 is 1.38 bits per heavy atom. The third-order valence-electron chi connectivity index (χ3n) is 3.25. The summed E-state index contributed by atoms with van der Waals surface area (Å²) in [4.78, 5) is 10.9. The predicted molar refractivity (Wildman–Crippen MR) is 82.7 cm³/mol. The molecule has 0 fully saturated rings. The number of sulfonamides is 1. The van der Waals surface area contributed by atoms with E-state index in [0.29, 0.717) is 6.42 Å². The number of carbonyl (C=O) groups is 1. The molecule has 0 saturated heterocycles. The molecule has 0 amide bonds. The van der Waals surface area contributed by atoms with Gasteiger partial charge in [-0.15, -0.1) is 0 Å². The van der Waals surface area contributed by atoms with Crippen molar-refractivity contribution in [1.29, 1.82) is 0 Å². The number of benzene rings is 1. The van der Waals surface area contributed by atoms with Gasteiger partial charge >= 0.3 is 5.97 Å². The first kappa shape index (κ1) is 18.2. The number of rotatable bonds is 6. The fraction of sp³-hybridized carbons (Fsp3) is 0.462. The molecule has 0 spiro atoms. The second-order valence-electron chi connectivity index (χ2n) is 4.70. The van der Waals surface area contributed by atoms with E-state index in [-0.39, 0.29) is 21.0 Å². The summed E-state index contributed by atoms with van der Waals surface area (Å²) < 4.78 is 26.3. The van der Waals surface area contributed by atoms with Gasteiger partial charge in [0, 0.05) is 13.1 Å². The molecule has 0 aromatic heterocycles. The Labute approximate surface area is 134 Å². The normalized spacial score (nSPS) is 13.4. The average molecular weight is 354 g/mol. The van der Waals surface area contributed by atoms with Crippen LogP contribution < -0.4 is 0 Å². The van der Waals surface area contributed by atoms with Crippen molar-refractivity contribution in [3.8, 4) is 0 Å². The standard InChI is InChI=1S/C13H17Cl2NO4S/c1-4-5-8(2)16(3)21(19,20)10-7-6-9(14)11(12(10)15)13(17)18/h6-8H,4-5H2,1-3H3,(H,17,18). The van der Waals surface area contributed by atoms with Crippen molar-refractivity contribution >= 4 is 39.2 Å². The summed E-state index contributed by atoms with van der Waals surface area (Å²) >= 11 is 11.7. The zero-order valence-corrected chi connectivity index (χ0v) is 14.3. The van der Waals surface area contributed by atoms with Crippen molar-refractivity contribution < 1.29 is 18.3 Å². The fourth-order valence-corrected chi connectivity index (χ4v) is 4.20. The summed E-state index contributed by atoms with van der Waals surface area (Å²) in [7, 11) is -2.44. The van der Waals surface area contributed by atoms with E-state index in [1.54, 1.807) is 6.92 Å². The van der Waals surface area contributed by atoms with Gasteiger partial charge in [0.15, 0.2) is 0 Å². The summed E-state index contributed by atoms with van der Waals surface area (Å²) in [6.45, 7) is 3.73. The quantitative estimate of drug-likeness (QED) is 0.848. The van der Waals surface area contributed by atoms with Gasteiger partial charge < -0.3 is 5.11 Å². The number of aromatic carboxylic acids is 1. The fourth-order valence-electron chi connectivity index (χ4n) is 1.92. The van der Waals surface area contributed by atoms with Crippen molar-refractivity contribution in [1.82, 2.24) is 4.31 Å². The first-order valence-corrected chi connectivity index (χ1v) is 8.53. The predicted octanol–water partition coefficient (Wildman–Crippen LogP) is 3.50. The molecule has 21 heavy (non-hydrogen) atoms. The highest BCUT2D eigenvalue weighted by Crippen LogP contribution is 2.33. The van der Waals surface area contributed by atoms with Gasteiger partial charge in [-0.2, -0.15) is 4.31 Å². The number of halogens is 2. The molecule has 8 heteroatoms. The minimum atomic E-state index is -3.88. The van der Waals surface area contributed by atoms with E-state index in [1.165, 1.54) is 23.5 Å². The lowest BCUT2D eigenvalue weighted by molar-refractivity contribution is 0.0697. The highest BCUT2D eigenvalue weighted by molar-refractivity contribution is 7.89. The molecule has 0 radical (unpaired) electrons. The monoisotopic (exact) mass is 353 g/mol. The van der Waals surface area contributed by atoms with Crippen LogP contribution in [0.1, 0.15) is 37.0 Å². The lowest BCUT2D eigenvalue weighted by atomic mass is 10.2. The zero-order valence-electron chi connectivity index (χ0n) is 11.9. The molecule has 0 aliphatic rings. The maximum absolute atomic E-state index is 12.6. The summed E-state index contributed by atoms with van der Waals surface area (Å²) in [6.07, 6.45) is 1.52. The molecule has 0 bridgehead atoms. The van der Waals surface area contributed by atoms with E-state index in [4.69, 9.17) is 28.3 Å². The van der Waals surface area contributed by atoms with Gasteiger partial charge in [-0.05, 0) is 25.5 Å².